The number of nitrogens with one attached hydrogen (secondary N) is 2. The average molecular weight is 337 g/mol. The number of benzene rings is 1. The van der Waals surface area contributed by atoms with Gasteiger partial charge >= 0.3 is 5.97 Å². The number of esters is 1. The van der Waals surface area contributed by atoms with Gasteiger partial charge in [0.1, 0.15) is 6.04 Å². The van der Waals surface area contributed by atoms with Gasteiger partial charge in [0, 0.05) is 18.7 Å². The summed E-state index contributed by atoms with van der Waals surface area (Å²) in [5.74, 6) is -1.85. The molecule has 24 heavy (non-hydrogen) atoms. The zero-order chi connectivity index (χ0) is 18.1. The first-order valence-electron chi connectivity index (χ1n) is 7.33. The molecule has 1 aromatic rings. The third-order valence-electron chi connectivity index (χ3n) is 2.95. The highest BCUT2D eigenvalue weighted by Crippen LogP contribution is 2.13. The van der Waals surface area contributed by atoms with E-state index in [-0.39, 0.29) is 17.2 Å². The molecule has 2 N–H and O–H groups in total. The Morgan fingerprint density at radius 3 is 2.67 bits per heavy atom. The van der Waals surface area contributed by atoms with Crippen LogP contribution in [0, 0.1) is 10.1 Å². The SMILES string of the molecule is CCCNC(=O)[C@H](C)NC(=O)COC(=O)c1cccc([N+](=O)[O-])c1. The van der Waals surface area contributed by atoms with E-state index in [9.17, 15) is 24.5 Å². The van der Waals surface area contributed by atoms with E-state index in [1.807, 2.05) is 6.92 Å². The number of hydrogen-bond acceptors (Lipinski definition) is 6. The van der Waals surface area contributed by atoms with Crippen molar-refractivity contribution in [1.82, 2.24) is 10.6 Å². The first-order chi connectivity index (χ1) is 11.3. The Bertz CT molecular complexity index is 631. The van der Waals surface area contributed by atoms with Gasteiger partial charge < -0.3 is 15.4 Å². The van der Waals surface area contributed by atoms with Crippen LogP contribution in [0.15, 0.2) is 24.3 Å². The molecule has 0 spiro atoms. The van der Waals surface area contributed by atoms with Crippen molar-refractivity contribution in [1.29, 1.82) is 0 Å². The van der Waals surface area contributed by atoms with E-state index in [1.165, 1.54) is 25.1 Å². The van der Waals surface area contributed by atoms with Crippen LogP contribution in [-0.2, 0) is 14.3 Å². The monoisotopic (exact) mass is 337 g/mol. The molecule has 2 amide bonds. The average Bonchev–Trinajstić information content (AvgIpc) is 2.57. The number of nitro benzene ring substituents is 1. The Morgan fingerprint density at radius 1 is 1.33 bits per heavy atom. The summed E-state index contributed by atoms with van der Waals surface area (Å²) in [6.45, 7) is 3.32. The fourth-order valence-electron chi connectivity index (χ4n) is 1.71. The van der Waals surface area contributed by atoms with Crippen molar-refractivity contribution >= 4 is 23.5 Å². The van der Waals surface area contributed by atoms with Gasteiger partial charge in [-0.05, 0) is 19.4 Å². The number of amides is 2. The van der Waals surface area contributed by atoms with E-state index in [4.69, 9.17) is 4.74 Å². The largest absolute Gasteiger partial charge is 0.452 e. The number of nitrogens with zero attached hydrogens (tertiary/aromatic N) is 1. The summed E-state index contributed by atoms with van der Waals surface area (Å²) in [7, 11) is 0. The Balaban J connectivity index is 2.49. The molecule has 0 aliphatic carbocycles. The van der Waals surface area contributed by atoms with Crippen LogP contribution in [0.5, 0.6) is 0 Å². The molecule has 9 nitrogen and oxygen atoms in total. The summed E-state index contributed by atoms with van der Waals surface area (Å²) in [4.78, 5) is 45.1. The molecular weight excluding hydrogens is 318 g/mol. The molecule has 0 heterocycles. The molecule has 1 rings (SSSR count). The van der Waals surface area contributed by atoms with Gasteiger partial charge in [0.05, 0.1) is 10.5 Å². The maximum atomic E-state index is 11.8. The summed E-state index contributed by atoms with van der Waals surface area (Å²) < 4.78 is 4.78. The van der Waals surface area contributed by atoms with Crippen LogP contribution in [0.4, 0.5) is 5.69 Å². The van der Waals surface area contributed by atoms with Crippen LogP contribution in [-0.4, -0.2) is 41.9 Å². The second-order valence-electron chi connectivity index (χ2n) is 4.96. The summed E-state index contributed by atoms with van der Waals surface area (Å²) in [6.07, 6.45) is 0.771. The smallest absolute Gasteiger partial charge is 0.338 e. The highest BCUT2D eigenvalue weighted by Gasteiger charge is 2.17. The molecule has 0 fully saturated rings. The molecule has 0 bridgehead atoms. The summed E-state index contributed by atoms with van der Waals surface area (Å²) in [6, 6.07) is 4.21. The predicted octanol–water partition coefficient (Wildman–Crippen LogP) is 0.783. The lowest BCUT2D eigenvalue weighted by atomic mass is 10.2. The van der Waals surface area contributed by atoms with Gasteiger partial charge in [0.15, 0.2) is 6.61 Å². The summed E-state index contributed by atoms with van der Waals surface area (Å²) in [5.41, 5.74) is -0.291. The van der Waals surface area contributed by atoms with Crippen LogP contribution in [0.3, 0.4) is 0 Å². The fraction of sp³-hybridized carbons (Fsp3) is 0.400. The van der Waals surface area contributed by atoms with Crippen molar-refractivity contribution in [3.8, 4) is 0 Å². The molecule has 130 valence electrons. The first-order valence-corrected chi connectivity index (χ1v) is 7.33. The minimum atomic E-state index is -0.864. The molecule has 0 aromatic heterocycles. The molecule has 0 saturated heterocycles. The zero-order valence-corrected chi connectivity index (χ0v) is 13.4. The van der Waals surface area contributed by atoms with Crippen molar-refractivity contribution < 1.29 is 24.0 Å². The Hall–Kier alpha value is -2.97. The standard InChI is InChI=1S/C15H19N3O6/c1-3-7-16-14(20)10(2)17-13(19)9-24-15(21)11-5-4-6-12(8-11)18(22)23/h4-6,8,10H,3,7,9H2,1-2H3,(H,16,20)(H,17,19)/t10-/m0/s1. The molecule has 9 heteroatoms. The molecule has 0 unspecified atom stereocenters. The minimum Gasteiger partial charge on any atom is -0.452 e. The third kappa shape index (κ3) is 6.03. The lowest BCUT2D eigenvalue weighted by molar-refractivity contribution is -0.384. The van der Waals surface area contributed by atoms with Crippen molar-refractivity contribution in [3.05, 3.63) is 39.9 Å². The van der Waals surface area contributed by atoms with Gasteiger partial charge in [0.25, 0.3) is 11.6 Å². The van der Waals surface area contributed by atoms with Gasteiger partial charge in [-0.15, -0.1) is 0 Å². The molecule has 0 saturated carbocycles. The molecule has 0 aliphatic heterocycles. The van der Waals surface area contributed by atoms with Crippen LogP contribution in [0.25, 0.3) is 0 Å². The maximum Gasteiger partial charge on any atom is 0.338 e. The van der Waals surface area contributed by atoms with E-state index in [1.54, 1.807) is 0 Å². The third-order valence-corrected chi connectivity index (χ3v) is 2.95. The molecule has 0 radical (unpaired) electrons. The van der Waals surface area contributed by atoms with Gasteiger partial charge in [0.2, 0.25) is 5.91 Å². The van der Waals surface area contributed by atoms with Crippen molar-refractivity contribution in [2.75, 3.05) is 13.2 Å². The summed E-state index contributed by atoms with van der Waals surface area (Å²) >= 11 is 0. The van der Waals surface area contributed by atoms with E-state index in [0.717, 1.165) is 12.5 Å². The number of carbonyl (C=O) groups excluding carboxylic acids is 3. The predicted molar refractivity (Wildman–Crippen MR) is 84.3 cm³/mol. The van der Waals surface area contributed by atoms with Crippen LogP contribution < -0.4 is 10.6 Å². The molecule has 1 atom stereocenters. The number of non-ortho nitro benzene ring substituents is 1. The van der Waals surface area contributed by atoms with E-state index in [2.05, 4.69) is 10.6 Å². The van der Waals surface area contributed by atoms with Gasteiger partial charge in [-0.1, -0.05) is 13.0 Å². The lowest BCUT2D eigenvalue weighted by Crippen LogP contribution is -2.46. The van der Waals surface area contributed by atoms with Gasteiger partial charge in [-0.25, -0.2) is 4.79 Å². The van der Waals surface area contributed by atoms with E-state index < -0.39 is 29.4 Å². The second kappa shape index (κ2) is 9.23. The van der Waals surface area contributed by atoms with Gasteiger partial charge in [-0.2, -0.15) is 0 Å². The highest BCUT2D eigenvalue weighted by atomic mass is 16.6. The Morgan fingerprint density at radius 2 is 2.04 bits per heavy atom. The van der Waals surface area contributed by atoms with Crippen LogP contribution >= 0.6 is 0 Å². The van der Waals surface area contributed by atoms with Gasteiger partial charge in [-0.3, -0.25) is 19.7 Å². The number of carbonyl (C=O) groups is 3. The second-order valence-corrected chi connectivity index (χ2v) is 4.96. The number of hydrogen-bond donors (Lipinski definition) is 2. The Kier molecular flexibility index (Phi) is 7.34. The lowest BCUT2D eigenvalue weighted by Gasteiger charge is -2.13. The normalized spacial score (nSPS) is 11.2. The fourth-order valence-corrected chi connectivity index (χ4v) is 1.71. The molecule has 1 aromatic carbocycles. The minimum absolute atomic E-state index is 0.0364. The summed E-state index contributed by atoms with van der Waals surface area (Å²) in [5, 5.41) is 15.7. The van der Waals surface area contributed by atoms with Crippen LogP contribution in [0.1, 0.15) is 30.6 Å². The quantitative estimate of drug-likeness (QED) is 0.410. The number of rotatable bonds is 8. The van der Waals surface area contributed by atoms with E-state index in [0.29, 0.717) is 6.54 Å². The first kappa shape index (κ1) is 19.1. The van der Waals surface area contributed by atoms with Crippen molar-refractivity contribution in [3.63, 3.8) is 0 Å². The molecule has 0 aliphatic rings. The zero-order valence-electron chi connectivity index (χ0n) is 13.4. The topological polar surface area (TPSA) is 128 Å². The van der Waals surface area contributed by atoms with E-state index >= 15 is 0 Å². The van der Waals surface area contributed by atoms with Crippen LogP contribution in [0.2, 0.25) is 0 Å². The number of nitro groups is 1. The maximum absolute atomic E-state index is 11.8. The van der Waals surface area contributed by atoms with Crippen molar-refractivity contribution in [2.45, 2.75) is 26.3 Å². The molecular formula is C15H19N3O6. The Labute approximate surface area is 138 Å². The van der Waals surface area contributed by atoms with Crippen molar-refractivity contribution in [2.24, 2.45) is 0 Å². The highest BCUT2D eigenvalue weighted by molar-refractivity contribution is 5.93. The number of ether oxygens (including phenoxy) is 1.